The second-order valence-corrected chi connectivity index (χ2v) is 8.61. The fourth-order valence-electron chi connectivity index (χ4n) is 3.98. The van der Waals surface area contributed by atoms with Crippen molar-refractivity contribution in [1.82, 2.24) is 24.5 Å². The molecule has 1 N–H and O–H groups in total. The normalized spacial score (nSPS) is 15.8. The second kappa shape index (κ2) is 6.35. The molecule has 7 heteroatoms. The summed E-state index contributed by atoms with van der Waals surface area (Å²) in [5, 5.41) is 9.22. The maximum absolute atomic E-state index is 4.93. The summed E-state index contributed by atoms with van der Waals surface area (Å²) in [6.45, 7) is 2.19. The van der Waals surface area contributed by atoms with Gasteiger partial charge in [0.05, 0.1) is 16.3 Å². The minimum absolute atomic E-state index is 0.592. The lowest BCUT2D eigenvalue weighted by Crippen LogP contribution is -2.26. The molecule has 140 valence electrons. The fraction of sp³-hybridized carbons (Fsp3) is 0.400. The molecule has 0 amide bonds. The first-order valence-electron chi connectivity index (χ1n) is 9.43. The average Bonchev–Trinajstić information content (AvgIpc) is 3.32. The van der Waals surface area contributed by atoms with Crippen LogP contribution in [0.1, 0.15) is 24.5 Å². The topological polar surface area (TPSA) is 50.4 Å². The Morgan fingerprint density at radius 3 is 2.70 bits per heavy atom. The van der Waals surface area contributed by atoms with Gasteiger partial charge in [0.1, 0.15) is 5.52 Å². The van der Waals surface area contributed by atoms with E-state index in [-0.39, 0.29) is 0 Å². The standard InChI is InChI=1S/C20H24N6S/c1-24(2)17-9-14(8-15-10-25(3)23-19(15)17)18-12-26-11-16(22-20(26)27-18)13-4-6-21-7-5-13/h8-13,21H,4-7H2,1-3H3. The zero-order valence-electron chi connectivity index (χ0n) is 15.9. The van der Waals surface area contributed by atoms with Crippen molar-refractivity contribution in [2.75, 3.05) is 32.1 Å². The number of rotatable bonds is 3. The molecule has 4 heterocycles. The lowest BCUT2D eigenvalue weighted by molar-refractivity contribution is 0.454. The number of thiazole rings is 1. The summed E-state index contributed by atoms with van der Waals surface area (Å²) in [5.41, 5.74) is 4.65. The van der Waals surface area contributed by atoms with Crippen LogP contribution in [0.25, 0.3) is 26.3 Å². The van der Waals surface area contributed by atoms with Crippen molar-refractivity contribution < 1.29 is 0 Å². The number of aryl methyl sites for hydroxylation is 1. The maximum Gasteiger partial charge on any atom is 0.194 e. The lowest BCUT2D eigenvalue weighted by Gasteiger charge is -2.20. The van der Waals surface area contributed by atoms with Crippen LogP contribution in [-0.2, 0) is 7.05 Å². The van der Waals surface area contributed by atoms with E-state index in [2.05, 4.69) is 64.5 Å². The lowest BCUT2D eigenvalue weighted by atomic mass is 9.95. The molecule has 1 aliphatic heterocycles. The van der Waals surface area contributed by atoms with Gasteiger partial charge in [0.25, 0.3) is 0 Å². The maximum atomic E-state index is 4.93. The number of piperidine rings is 1. The highest BCUT2D eigenvalue weighted by atomic mass is 32.1. The van der Waals surface area contributed by atoms with E-state index in [0.29, 0.717) is 5.92 Å². The zero-order chi connectivity index (χ0) is 18.5. The van der Waals surface area contributed by atoms with Crippen molar-refractivity contribution >= 4 is 32.9 Å². The van der Waals surface area contributed by atoms with Gasteiger partial charge < -0.3 is 10.2 Å². The van der Waals surface area contributed by atoms with Gasteiger partial charge in [-0.3, -0.25) is 9.08 Å². The summed E-state index contributed by atoms with van der Waals surface area (Å²) in [6, 6.07) is 4.46. The third kappa shape index (κ3) is 2.91. The van der Waals surface area contributed by atoms with E-state index in [1.54, 1.807) is 11.3 Å². The number of imidazole rings is 1. The zero-order valence-corrected chi connectivity index (χ0v) is 16.8. The van der Waals surface area contributed by atoms with Crippen LogP contribution in [0.2, 0.25) is 0 Å². The van der Waals surface area contributed by atoms with Crippen LogP contribution in [0, 0.1) is 0 Å². The van der Waals surface area contributed by atoms with Crippen molar-refractivity contribution in [2.24, 2.45) is 7.05 Å². The van der Waals surface area contributed by atoms with Gasteiger partial charge in [-0.05, 0) is 43.6 Å². The van der Waals surface area contributed by atoms with E-state index in [1.165, 1.54) is 34.4 Å². The molecule has 1 fully saturated rings. The highest BCUT2D eigenvalue weighted by molar-refractivity contribution is 7.20. The number of fused-ring (bicyclic) bond motifs is 2. The van der Waals surface area contributed by atoms with Gasteiger partial charge in [-0.15, -0.1) is 0 Å². The molecule has 0 saturated carbocycles. The van der Waals surface area contributed by atoms with E-state index in [4.69, 9.17) is 4.98 Å². The molecule has 1 aromatic carbocycles. The summed E-state index contributed by atoms with van der Waals surface area (Å²) >= 11 is 1.76. The molecule has 6 nitrogen and oxygen atoms in total. The molecule has 1 aliphatic rings. The molecule has 0 spiro atoms. The Labute approximate surface area is 162 Å². The number of benzene rings is 1. The molecule has 3 aromatic heterocycles. The van der Waals surface area contributed by atoms with Gasteiger partial charge >= 0.3 is 0 Å². The van der Waals surface area contributed by atoms with Crippen LogP contribution < -0.4 is 10.2 Å². The van der Waals surface area contributed by atoms with Crippen molar-refractivity contribution in [3.63, 3.8) is 0 Å². The summed E-state index contributed by atoms with van der Waals surface area (Å²) in [4.78, 5) is 9.38. The number of nitrogens with zero attached hydrogens (tertiary/aromatic N) is 5. The number of hydrogen-bond donors (Lipinski definition) is 1. The molecule has 4 aromatic rings. The van der Waals surface area contributed by atoms with Crippen LogP contribution in [0.4, 0.5) is 5.69 Å². The number of nitrogens with one attached hydrogen (secondary N) is 1. The molecule has 0 aliphatic carbocycles. The predicted octanol–water partition coefficient (Wildman–Crippen LogP) is 3.48. The molecule has 0 bridgehead atoms. The largest absolute Gasteiger partial charge is 0.376 e. The molecular formula is C20H24N6S. The first-order valence-corrected chi connectivity index (χ1v) is 10.2. The van der Waals surface area contributed by atoms with Gasteiger partial charge in [0.2, 0.25) is 0 Å². The molecule has 0 radical (unpaired) electrons. The summed E-state index contributed by atoms with van der Waals surface area (Å²) in [7, 11) is 6.11. The monoisotopic (exact) mass is 380 g/mol. The second-order valence-electron chi connectivity index (χ2n) is 7.61. The van der Waals surface area contributed by atoms with E-state index in [1.807, 2.05) is 11.7 Å². The minimum atomic E-state index is 0.592. The Hall–Kier alpha value is -2.38. The Morgan fingerprint density at radius 1 is 1.15 bits per heavy atom. The van der Waals surface area contributed by atoms with E-state index < -0.39 is 0 Å². The summed E-state index contributed by atoms with van der Waals surface area (Å²) < 4.78 is 4.08. The average molecular weight is 381 g/mol. The third-order valence-corrected chi connectivity index (χ3v) is 6.45. The fourth-order valence-corrected chi connectivity index (χ4v) is 4.94. The SMILES string of the molecule is CN(C)c1cc(-c2cn3cc(C4CCNCC4)nc3s2)cc2cn(C)nc12. The van der Waals surface area contributed by atoms with E-state index in [0.717, 1.165) is 29.3 Å². The Bertz CT molecular complexity index is 1080. The Balaban J connectivity index is 1.55. The molecular weight excluding hydrogens is 356 g/mol. The summed E-state index contributed by atoms with van der Waals surface area (Å²) in [6.07, 6.45) is 8.89. The van der Waals surface area contributed by atoms with Crippen molar-refractivity contribution in [3.8, 4) is 10.4 Å². The first-order chi connectivity index (χ1) is 13.1. The van der Waals surface area contributed by atoms with E-state index in [9.17, 15) is 0 Å². The van der Waals surface area contributed by atoms with Gasteiger partial charge in [-0.25, -0.2) is 4.98 Å². The van der Waals surface area contributed by atoms with Crippen LogP contribution in [-0.4, -0.2) is 46.4 Å². The number of aromatic nitrogens is 4. The van der Waals surface area contributed by atoms with Gasteiger partial charge in [-0.2, -0.15) is 5.10 Å². The Kier molecular flexibility index (Phi) is 3.94. The molecule has 1 saturated heterocycles. The highest BCUT2D eigenvalue weighted by Gasteiger charge is 2.19. The van der Waals surface area contributed by atoms with Crippen LogP contribution in [0.15, 0.2) is 30.7 Å². The quantitative estimate of drug-likeness (QED) is 0.591. The van der Waals surface area contributed by atoms with Gasteiger partial charge in [0.15, 0.2) is 4.96 Å². The van der Waals surface area contributed by atoms with E-state index >= 15 is 0 Å². The Morgan fingerprint density at radius 2 is 1.96 bits per heavy atom. The van der Waals surface area contributed by atoms with Crippen LogP contribution in [0.3, 0.4) is 0 Å². The summed E-state index contributed by atoms with van der Waals surface area (Å²) in [5.74, 6) is 0.592. The smallest absolute Gasteiger partial charge is 0.194 e. The third-order valence-electron chi connectivity index (χ3n) is 5.40. The molecule has 0 unspecified atom stereocenters. The minimum Gasteiger partial charge on any atom is -0.376 e. The molecule has 0 atom stereocenters. The van der Waals surface area contributed by atoms with Crippen LogP contribution in [0.5, 0.6) is 0 Å². The first kappa shape index (κ1) is 16.8. The van der Waals surface area contributed by atoms with Crippen LogP contribution >= 0.6 is 11.3 Å². The number of hydrogen-bond acceptors (Lipinski definition) is 5. The van der Waals surface area contributed by atoms with Gasteiger partial charge in [-0.1, -0.05) is 11.3 Å². The molecule has 27 heavy (non-hydrogen) atoms. The van der Waals surface area contributed by atoms with Crippen molar-refractivity contribution in [1.29, 1.82) is 0 Å². The van der Waals surface area contributed by atoms with Crippen molar-refractivity contribution in [3.05, 3.63) is 36.4 Å². The van der Waals surface area contributed by atoms with Crippen molar-refractivity contribution in [2.45, 2.75) is 18.8 Å². The predicted molar refractivity (Wildman–Crippen MR) is 112 cm³/mol. The number of anilines is 1. The highest BCUT2D eigenvalue weighted by Crippen LogP contribution is 2.36. The molecule has 5 rings (SSSR count). The van der Waals surface area contributed by atoms with Gasteiger partial charge in [0, 0.05) is 51.0 Å².